The minimum absolute atomic E-state index is 0.118. The number of hydrogen-bond acceptors (Lipinski definition) is 4. The third-order valence-corrected chi connectivity index (χ3v) is 7.31. The summed E-state index contributed by atoms with van der Waals surface area (Å²) in [5.41, 5.74) is 1.12. The lowest BCUT2D eigenvalue weighted by Crippen LogP contribution is -2.57. The Morgan fingerprint density at radius 1 is 1.05 bits per heavy atom. The molecule has 4 unspecified atom stereocenters. The van der Waals surface area contributed by atoms with Gasteiger partial charge in [0.1, 0.15) is 17.7 Å². The molecule has 1 saturated carbocycles. The Kier molecular flexibility index (Phi) is 11.5. The Morgan fingerprint density at radius 2 is 1.70 bits per heavy atom. The first kappa shape index (κ1) is 30.7. The predicted octanol–water partition coefficient (Wildman–Crippen LogP) is 6.05. The first-order valence-electron chi connectivity index (χ1n) is 14.1. The second-order valence-corrected chi connectivity index (χ2v) is 11.7. The molecule has 0 bridgehead atoms. The molecule has 0 spiro atoms. The molecule has 1 aliphatic rings. The average Bonchev–Trinajstić information content (AvgIpc) is 2.83. The molecule has 1 aromatic rings. The zero-order chi connectivity index (χ0) is 27.8. The third-order valence-electron chi connectivity index (χ3n) is 7.31. The van der Waals surface area contributed by atoms with Crippen LogP contribution in [0.3, 0.4) is 0 Å². The number of rotatable bonds is 10. The molecule has 0 aliphatic heterocycles. The molecule has 2 rings (SSSR count). The van der Waals surface area contributed by atoms with Crippen LogP contribution in [0.2, 0.25) is 0 Å². The number of nitrogens with one attached hydrogen (secondary N) is 2. The van der Waals surface area contributed by atoms with Crippen molar-refractivity contribution < 1.29 is 19.1 Å². The predicted molar refractivity (Wildman–Crippen MR) is 148 cm³/mol. The molecule has 1 fully saturated rings. The van der Waals surface area contributed by atoms with E-state index in [0.29, 0.717) is 12.8 Å². The van der Waals surface area contributed by atoms with Gasteiger partial charge in [-0.2, -0.15) is 0 Å². The van der Waals surface area contributed by atoms with E-state index >= 15 is 0 Å². The summed E-state index contributed by atoms with van der Waals surface area (Å²) in [5.74, 6) is -0.572. The van der Waals surface area contributed by atoms with E-state index in [2.05, 4.69) is 10.6 Å². The van der Waals surface area contributed by atoms with Gasteiger partial charge >= 0.3 is 6.09 Å². The topological polar surface area (TPSA) is 87.7 Å². The first-order valence-corrected chi connectivity index (χ1v) is 14.1. The lowest BCUT2D eigenvalue weighted by atomic mass is 9.92. The fraction of sp³-hybridized carbons (Fsp3) is 0.700. The fourth-order valence-electron chi connectivity index (χ4n) is 4.88. The van der Waals surface area contributed by atoms with Crippen LogP contribution in [0.25, 0.3) is 0 Å². The summed E-state index contributed by atoms with van der Waals surface area (Å²) in [4.78, 5) is 42.7. The molecular weight excluding hydrogens is 466 g/mol. The van der Waals surface area contributed by atoms with E-state index in [4.69, 9.17) is 4.74 Å². The van der Waals surface area contributed by atoms with Gasteiger partial charge in [-0.05, 0) is 65.4 Å². The van der Waals surface area contributed by atoms with Gasteiger partial charge in [-0.25, -0.2) is 4.79 Å². The maximum absolute atomic E-state index is 14.3. The van der Waals surface area contributed by atoms with Gasteiger partial charge in [0, 0.05) is 12.1 Å². The summed E-state index contributed by atoms with van der Waals surface area (Å²) in [6.45, 7) is 15.3. The number of carbonyl (C=O) groups is 3. The molecule has 0 radical (unpaired) electrons. The number of carbonyl (C=O) groups excluding carboxylic acids is 3. The van der Waals surface area contributed by atoms with Crippen molar-refractivity contribution in [3.63, 3.8) is 0 Å². The lowest BCUT2D eigenvalue weighted by Gasteiger charge is -2.40. The third kappa shape index (κ3) is 9.04. The maximum Gasteiger partial charge on any atom is 0.408 e. The molecule has 7 heteroatoms. The van der Waals surface area contributed by atoms with Crippen LogP contribution >= 0.6 is 0 Å². The number of benzene rings is 1. The molecular formula is C30H49N3O4. The smallest absolute Gasteiger partial charge is 0.408 e. The molecule has 7 nitrogen and oxygen atoms in total. The van der Waals surface area contributed by atoms with Crippen LogP contribution in [0, 0.1) is 12.8 Å². The molecule has 1 aromatic carbocycles. The Labute approximate surface area is 224 Å². The molecule has 0 saturated heterocycles. The van der Waals surface area contributed by atoms with Gasteiger partial charge in [0.15, 0.2) is 0 Å². The van der Waals surface area contributed by atoms with Crippen LogP contribution in [-0.4, -0.2) is 46.5 Å². The SMILES string of the molecule is CCC(C)C(NC(=O)OC(C)(C)C)C(=O)N(C(C)CC)C(C(=O)NC1CCCCC1)c1cccc(C)c1. The Morgan fingerprint density at radius 3 is 2.24 bits per heavy atom. The minimum Gasteiger partial charge on any atom is -0.444 e. The summed E-state index contributed by atoms with van der Waals surface area (Å²) < 4.78 is 5.49. The second-order valence-electron chi connectivity index (χ2n) is 11.7. The number of hydrogen-bond donors (Lipinski definition) is 2. The second kappa shape index (κ2) is 13.8. The normalized spacial score (nSPS) is 17.7. The number of amides is 3. The highest BCUT2D eigenvalue weighted by molar-refractivity contribution is 5.92. The Balaban J connectivity index is 2.50. The van der Waals surface area contributed by atoms with Gasteiger partial charge in [0.25, 0.3) is 0 Å². The highest BCUT2D eigenvalue weighted by atomic mass is 16.6. The fourth-order valence-corrected chi connectivity index (χ4v) is 4.88. The van der Waals surface area contributed by atoms with Crippen molar-refractivity contribution in [1.29, 1.82) is 0 Å². The molecule has 2 N–H and O–H groups in total. The van der Waals surface area contributed by atoms with E-state index in [0.717, 1.165) is 36.8 Å². The average molecular weight is 516 g/mol. The molecule has 3 amide bonds. The maximum atomic E-state index is 14.3. The molecule has 0 heterocycles. The van der Waals surface area contributed by atoms with Crippen LogP contribution in [0.1, 0.15) is 111 Å². The summed E-state index contributed by atoms with van der Waals surface area (Å²) in [5, 5.41) is 6.10. The standard InChI is InChI=1S/C30H49N3O4/c1-9-21(4)25(32-29(36)37-30(6,7)8)28(35)33(22(5)10-2)26(23-16-14-15-20(3)19-23)27(34)31-24-17-12-11-13-18-24/h14-16,19,21-22,24-26H,9-13,17-18H2,1-8H3,(H,31,34)(H,32,36). The summed E-state index contributed by atoms with van der Waals surface area (Å²) in [6.07, 6.45) is 6.03. The van der Waals surface area contributed by atoms with Gasteiger partial charge in [0.2, 0.25) is 11.8 Å². The van der Waals surface area contributed by atoms with Gasteiger partial charge < -0.3 is 20.3 Å². The van der Waals surface area contributed by atoms with Crippen molar-refractivity contribution in [1.82, 2.24) is 15.5 Å². The highest BCUT2D eigenvalue weighted by Gasteiger charge is 2.40. The number of aryl methyl sites for hydroxylation is 1. The Hall–Kier alpha value is -2.57. The number of alkyl carbamates (subject to hydrolysis) is 1. The molecule has 0 aromatic heterocycles. The summed E-state index contributed by atoms with van der Waals surface area (Å²) in [6, 6.07) is 6.10. The van der Waals surface area contributed by atoms with E-state index in [9.17, 15) is 14.4 Å². The lowest BCUT2D eigenvalue weighted by molar-refractivity contribution is -0.146. The van der Waals surface area contributed by atoms with Crippen LogP contribution in [0.4, 0.5) is 4.79 Å². The van der Waals surface area contributed by atoms with Crippen molar-refractivity contribution in [2.45, 2.75) is 130 Å². The van der Waals surface area contributed by atoms with Crippen LogP contribution in [-0.2, 0) is 14.3 Å². The molecule has 1 aliphatic carbocycles. The molecule has 37 heavy (non-hydrogen) atoms. The largest absolute Gasteiger partial charge is 0.444 e. The van der Waals surface area contributed by atoms with Crippen LogP contribution in [0.15, 0.2) is 24.3 Å². The summed E-state index contributed by atoms with van der Waals surface area (Å²) >= 11 is 0. The van der Waals surface area contributed by atoms with Crippen molar-refractivity contribution in [2.75, 3.05) is 0 Å². The zero-order valence-electron chi connectivity index (χ0n) is 24.2. The highest BCUT2D eigenvalue weighted by Crippen LogP contribution is 2.29. The van der Waals surface area contributed by atoms with Crippen LogP contribution in [0.5, 0.6) is 0 Å². The van der Waals surface area contributed by atoms with Gasteiger partial charge in [0.05, 0.1) is 0 Å². The summed E-state index contributed by atoms with van der Waals surface area (Å²) in [7, 11) is 0. The van der Waals surface area contributed by atoms with E-state index in [1.54, 1.807) is 25.7 Å². The van der Waals surface area contributed by atoms with Crippen molar-refractivity contribution in [3.8, 4) is 0 Å². The van der Waals surface area contributed by atoms with Gasteiger partial charge in [-0.1, -0.05) is 76.3 Å². The quantitative estimate of drug-likeness (QED) is 0.397. The number of nitrogens with zero attached hydrogens (tertiary/aromatic N) is 1. The minimum atomic E-state index is -0.816. The van der Waals surface area contributed by atoms with E-state index < -0.39 is 23.8 Å². The van der Waals surface area contributed by atoms with Crippen molar-refractivity contribution in [3.05, 3.63) is 35.4 Å². The molecule has 4 atom stereocenters. The Bertz CT molecular complexity index is 904. The zero-order valence-corrected chi connectivity index (χ0v) is 24.2. The van der Waals surface area contributed by atoms with E-state index in [-0.39, 0.29) is 29.8 Å². The van der Waals surface area contributed by atoms with Crippen LogP contribution < -0.4 is 10.6 Å². The van der Waals surface area contributed by atoms with Gasteiger partial charge in [-0.15, -0.1) is 0 Å². The van der Waals surface area contributed by atoms with Crippen molar-refractivity contribution in [2.24, 2.45) is 5.92 Å². The molecule has 208 valence electrons. The van der Waals surface area contributed by atoms with E-state index in [1.165, 1.54) is 6.42 Å². The first-order chi connectivity index (χ1) is 17.4. The van der Waals surface area contributed by atoms with Gasteiger partial charge in [-0.3, -0.25) is 9.59 Å². The van der Waals surface area contributed by atoms with Crippen molar-refractivity contribution >= 4 is 17.9 Å². The monoisotopic (exact) mass is 515 g/mol. The van der Waals surface area contributed by atoms with E-state index in [1.807, 2.05) is 58.9 Å². The number of ether oxygens (including phenoxy) is 1.